The predicted octanol–water partition coefficient (Wildman–Crippen LogP) is 8.34. The maximum atomic E-state index is 6.61. The van der Waals surface area contributed by atoms with Gasteiger partial charge in [-0.2, -0.15) is 0 Å². The van der Waals surface area contributed by atoms with Gasteiger partial charge in [0.05, 0.1) is 0 Å². The minimum atomic E-state index is 0.160. The minimum absolute atomic E-state index is 0.160. The molecule has 0 saturated heterocycles. The second-order valence-corrected chi connectivity index (χ2v) is 8.24. The molecule has 1 unspecified atom stereocenters. The molecule has 2 heteroatoms. The van der Waals surface area contributed by atoms with Crippen molar-refractivity contribution in [3.05, 3.63) is 129 Å². The molecule has 0 saturated carbocycles. The molecule has 0 fully saturated rings. The molecule has 0 N–H and O–H groups in total. The van der Waals surface area contributed by atoms with Crippen molar-refractivity contribution in [1.82, 2.24) is 0 Å². The van der Waals surface area contributed by atoms with Crippen LogP contribution in [0.3, 0.4) is 0 Å². The van der Waals surface area contributed by atoms with Gasteiger partial charge in [0.25, 0.3) is 0 Å². The van der Waals surface area contributed by atoms with Crippen LogP contribution in [0, 0.1) is 6.92 Å². The first-order valence-electron chi connectivity index (χ1n) is 9.76. The molecular formula is C27H22Cl2. The smallest absolute Gasteiger partial charge is 0.0459 e. The number of hydrogen-bond acceptors (Lipinski definition) is 0. The van der Waals surface area contributed by atoms with Gasteiger partial charge in [-0.05, 0) is 53.3 Å². The highest BCUT2D eigenvalue weighted by Gasteiger charge is 2.18. The number of hydrogen-bond donors (Lipinski definition) is 0. The molecule has 0 aliphatic rings. The van der Waals surface area contributed by atoms with Crippen LogP contribution < -0.4 is 0 Å². The highest BCUT2D eigenvalue weighted by molar-refractivity contribution is 6.35. The van der Waals surface area contributed by atoms with Gasteiger partial charge in [0.15, 0.2) is 0 Å². The van der Waals surface area contributed by atoms with Crippen molar-refractivity contribution in [2.75, 3.05) is 0 Å². The average molecular weight is 417 g/mol. The number of benzene rings is 4. The first kappa shape index (κ1) is 19.8. The van der Waals surface area contributed by atoms with E-state index in [-0.39, 0.29) is 5.92 Å². The Morgan fingerprint density at radius 1 is 0.690 bits per heavy atom. The van der Waals surface area contributed by atoms with E-state index in [0.29, 0.717) is 10.0 Å². The van der Waals surface area contributed by atoms with Crippen LogP contribution in [-0.4, -0.2) is 0 Å². The standard InChI is InChI=1S/C27H22Cl2/c1-19-7-9-20(10-8-19)17-26(25-16-15-24(28)18-27(25)29)23-13-11-22(12-14-23)21-5-3-2-4-6-21/h2-16,18,26H,17H2,1H3. The van der Waals surface area contributed by atoms with Crippen molar-refractivity contribution in [3.63, 3.8) is 0 Å². The molecule has 0 nitrogen and oxygen atoms in total. The fraction of sp³-hybridized carbons (Fsp3) is 0.111. The summed E-state index contributed by atoms with van der Waals surface area (Å²) in [5, 5.41) is 1.37. The summed E-state index contributed by atoms with van der Waals surface area (Å²) in [6, 6.07) is 33.8. The third-order valence-corrected chi connectivity index (χ3v) is 5.88. The number of rotatable bonds is 5. The summed E-state index contributed by atoms with van der Waals surface area (Å²) in [6.07, 6.45) is 0.881. The first-order chi connectivity index (χ1) is 14.1. The van der Waals surface area contributed by atoms with Gasteiger partial charge in [0.1, 0.15) is 0 Å². The lowest BCUT2D eigenvalue weighted by molar-refractivity contribution is 0.805. The van der Waals surface area contributed by atoms with Gasteiger partial charge >= 0.3 is 0 Å². The van der Waals surface area contributed by atoms with Crippen molar-refractivity contribution in [2.45, 2.75) is 19.3 Å². The molecule has 0 aliphatic heterocycles. The molecule has 144 valence electrons. The Balaban J connectivity index is 1.72. The molecule has 0 aromatic heterocycles. The molecule has 0 amide bonds. The Kier molecular flexibility index (Phi) is 6.04. The van der Waals surface area contributed by atoms with E-state index in [1.54, 1.807) is 0 Å². The molecule has 1 atom stereocenters. The molecule has 4 aromatic carbocycles. The van der Waals surface area contributed by atoms with Gasteiger partial charge in [-0.15, -0.1) is 0 Å². The Labute approximate surface area is 182 Å². The summed E-state index contributed by atoms with van der Waals surface area (Å²) < 4.78 is 0. The van der Waals surface area contributed by atoms with Crippen LogP contribution in [0.2, 0.25) is 10.0 Å². The lowest BCUT2D eigenvalue weighted by Crippen LogP contribution is -2.06. The summed E-state index contributed by atoms with van der Waals surface area (Å²) in [4.78, 5) is 0. The highest BCUT2D eigenvalue weighted by Crippen LogP contribution is 2.35. The molecule has 4 rings (SSSR count). The van der Waals surface area contributed by atoms with Crippen LogP contribution in [0.5, 0.6) is 0 Å². The maximum absolute atomic E-state index is 6.61. The van der Waals surface area contributed by atoms with E-state index in [0.717, 1.165) is 12.0 Å². The van der Waals surface area contributed by atoms with Gasteiger partial charge in [-0.25, -0.2) is 0 Å². The summed E-state index contributed by atoms with van der Waals surface area (Å²) in [5.41, 5.74) is 7.34. The fourth-order valence-electron chi connectivity index (χ4n) is 3.69. The van der Waals surface area contributed by atoms with Crippen LogP contribution in [0.15, 0.2) is 97.1 Å². The van der Waals surface area contributed by atoms with E-state index >= 15 is 0 Å². The third kappa shape index (κ3) is 4.72. The van der Waals surface area contributed by atoms with E-state index < -0.39 is 0 Å². The van der Waals surface area contributed by atoms with Crippen molar-refractivity contribution >= 4 is 23.2 Å². The summed E-state index contributed by atoms with van der Waals surface area (Å²) in [5.74, 6) is 0.160. The Morgan fingerprint density at radius 3 is 2.00 bits per heavy atom. The molecule has 0 aliphatic carbocycles. The molecule has 0 radical (unpaired) electrons. The van der Waals surface area contributed by atoms with Crippen LogP contribution in [-0.2, 0) is 6.42 Å². The Hall–Kier alpha value is -2.54. The van der Waals surface area contributed by atoms with Crippen LogP contribution in [0.25, 0.3) is 11.1 Å². The molecular weight excluding hydrogens is 395 g/mol. The van der Waals surface area contributed by atoms with E-state index in [9.17, 15) is 0 Å². The molecule has 0 spiro atoms. The van der Waals surface area contributed by atoms with Crippen LogP contribution >= 0.6 is 23.2 Å². The van der Waals surface area contributed by atoms with Crippen LogP contribution in [0.4, 0.5) is 0 Å². The largest absolute Gasteiger partial charge is 0.0843 e. The molecule has 0 heterocycles. The Bertz CT molecular complexity index is 1080. The second kappa shape index (κ2) is 8.86. The number of halogens is 2. The quantitative estimate of drug-likeness (QED) is 0.306. The number of aryl methyl sites for hydroxylation is 1. The lowest BCUT2D eigenvalue weighted by atomic mass is 9.85. The zero-order valence-corrected chi connectivity index (χ0v) is 17.8. The zero-order valence-electron chi connectivity index (χ0n) is 16.3. The second-order valence-electron chi connectivity index (χ2n) is 7.40. The van der Waals surface area contributed by atoms with Gasteiger partial charge in [-0.1, -0.05) is 114 Å². The van der Waals surface area contributed by atoms with Gasteiger partial charge in [0, 0.05) is 16.0 Å². The van der Waals surface area contributed by atoms with Crippen LogP contribution in [0.1, 0.15) is 28.2 Å². The summed E-state index contributed by atoms with van der Waals surface area (Å²) in [6.45, 7) is 2.11. The maximum Gasteiger partial charge on any atom is 0.0459 e. The topological polar surface area (TPSA) is 0 Å². The third-order valence-electron chi connectivity index (χ3n) is 5.32. The van der Waals surface area contributed by atoms with Crippen molar-refractivity contribution < 1.29 is 0 Å². The zero-order chi connectivity index (χ0) is 20.2. The average Bonchev–Trinajstić information content (AvgIpc) is 2.75. The van der Waals surface area contributed by atoms with Crippen molar-refractivity contribution in [3.8, 4) is 11.1 Å². The summed E-state index contributed by atoms with van der Waals surface area (Å²) >= 11 is 12.8. The Morgan fingerprint density at radius 2 is 1.34 bits per heavy atom. The molecule has 0 bridgehead atoms. The van der Waals surface area contributed by atoms with Crippen molar-refractivity contribution in [1.29, 1.82) is 0 Å². The van der Waals surface area contributed by atoms with E-state index in [2.05, 4.69) is 85.8 Å². The normalized spacial score (nSPS) is 12.0. The highest BCUT2D eigenvalue weighted by atomic mass is 35.5. The van der Waals surface area contributed by atoms with E-state index in [4.69, 9.17) is 23.2 Å². The predicted molar refractivity (Wildman–Crippen MR) is 125 cm³/mol. The monoisotopic (exact) mass is 416 g/mol. The molecule has 4 aromatic rings. The van der Waals surface area contributed by atoms with Gasteiger partial charge in [0.2, 0.25) is 0 Å². The summed E-state index contributed by atoms with van der Waals surface area (Å²) in [7, 11) is 0. The fourth-order valence-corrected chi connectivity index (χ4v) is 4.23. The van der Waals surface area contributed by atoms with Gasteiger partial charge in [-0.3, -0.25) is 0 Å². The van der Waals surface area contributed by atoms with E-state index in [1.807, 2.05) is 18.2 Å². The van der Waals surface area contributed by atoms with E-state index in [1.165, 1.54) is 27.8 Å². The molecule has 29 heavy (non-hydrogen) atoms. The minimum Gasteiger partial charge on any atom is -0.0843 e. The lowest BCUT2D eigenvalue weighted by Gasteiger charge is -2.20. The SMILES string of the molecule is Cc1ccc(CC(c2ccc(-c3ccccc3)cc2)c2ccc(Cl)cc2Cl)cc1. The van der Waals surface area contributed by atoms with Gasteiger partial charge < -0.3 is 0 Å². The van der Waals surface area contributed by atoms with Crippen molar-refractivity contribution in [2.24, 2.45) is 0 Å². The first-order valence-corrected chi connectivity index (χ1v) is 10.5.